The van der Waals surface area contributed by atoms with Crippen molar-refractivity contribution in [3.63, 3.8) is 0 Å². The van der Waals surface area contributed by atoms with Crippen LogP contribution in [0, 0.1) is 23.6 Å². The molecule has 0 radical (unpaired) electrons. The molecule has 2 aliphatic carbocycles. The maximum Gasteiger partial charge on any atom is 0.251 e. The number of fused-ring (bicyclic) bond motifs is 2. The number of rotatable bonds is 3. The standard InChI is InChI=1S/C15H18FNO/c16-14-3-1-2-12(8-14)15(18)17-9-13-7-10-4-5-11(13)6-10/h1-3,8,10-11,13H,4-7,9H2,(H,17,18)/t10-,11-,13+/m0/s1. The monoisotopic (exact) mass is 247 g/mol. The minimum absolute atomic E-state index is 0.155. The molecule has 2 saturated carbocycles. The van der Waals surface area contributed by atoms with Gasteiger partial charge in [0.05, 0.1) is 0 Å². The molecule has 1 aromatic rings. The molecule has 18 heavy (non-hydrogen) atoms. The molecule has 2 aliphatic rings. The van der Waals surface area contributed by atoms with Crippen LogP contribution in [-0.2, 0) is 0 Å². The van der Waals surface area contributed by atoms with E-state index in [-0.39, 0.29) is 11.7 Å². The number of amides is 1. The Labute approximate surface area is 107 Å². The lowest BCUT2D eigenvalue weighted by atomic mass is 9.89. The molecule has 2 fully saturated rings. The van der Waals surface area contributed by atoms with Gasteiger partial charge in [-0.2, -0.15) is 0 Å². The number of nitrogens with one attached hydrogen (secondary N) is 1. The summed E-state index contributed by atoms with van der Waals surface area (Å²) in [5.74, 6) is 1.83. The van der Waals surface area contributed by atoms with Gasteiger partial charge < -0.3 is 5.32 Å². The second-order valence-corrected chi connectivity index (χ2v) is 5.66. The Kier molecular flexibility index (Phi) is 3.06. The fourth-order valence-corrected chi connectivity index (χ4v) is 3.58. The predicted octanol–water partition coefficient (Wildman–Crippen LogP) is 2.99. The van der Waals surface area contributed by atoms with Crippen LogP contribution in [0.3, 0.4) is 0 Å². The fourth-order valence-electron chi connectivity index (χ4n) is 3.58. The molecule has 0 saturated heterocycles. The Morgan fingerprint density at radius 1 is 1.33 bits per heavy atom. The van der Waals surface area contributed by atoms with Crippen LogP contribution in [0.15, 0.2) is 24.3 Å². The van der Waals surface area contributed by atoms with Crippen molar-refractivity contribution in [1.29, 1.82) is 0 Å². The molecule has 3 atom stereocenters. The molecule has 2 nitrogen and oxygen atoms in total. The summed E-state index contributed by atoms with van der Waals surface area (Å²) in [5, 5.41) is 2.95. The third-order valence-electron chi connectivity index (χ3n) is 4.50. The molecule has 0 aliphatic heterocycles. The Hall–Kier alpha value is -1.38. The van der Waals surface area contributed by atoms with E-state index in [1.54, 1.807) is 12.1 Å². The summed E-state index contributed by atoms with van der Waals surface area (Å²) in [7, 11) is 0. The number of carbonyl (C=O) groups excluding carboxylic acids is 1. The molecule has 0 unspecified atom stereocenters. The van der Waals surface area contributed by atoms with Crippen LogP contribution >= 0.6 is 0 Å². The first-order chi connectivity index (χ1) is 8.72. The molecular formula is C15H18FNO. The summed E-state index contributed by atoms with van der Waals surface area (Å²) in [5.41, 5.74) is 0.415. The Balaban J connectivity index is 1.56. The average molecular weight is 247 g/mol. The summed E-state index contributed by atoms with van der Waals surface area (Å²) in [4.78, 5) is 11.9. The van der Waals surface area contributed by atoms with Crippen molar-refractivity contribution >= 4 is 5.91 Å². The fraction of sp³-hybridized carbons (Fsp3) is 0.533. The smallest absolute Gasteiger partial charge is 0.251 e. The zero-order valence-electron chi connectivity index (χ0n) is 10.4. The van der Waals surface area contributed by atoms with Crippen molar-refractivity contribution < 1.29 is 9.18 Å². The summed E-state index contributed by atoms with van der Waals surface area (Å²) in [6, 6.07) is 5.86. The number of benzene rings is 1. The largest absolute Gasteiger partial charge is 0.352 e. The second kappa shape index (κ2) is 4.71. The van der Waals surface area contributed by atoms with Crippen molar-refractivity contribution in [3.8, 4) is 0 Å². The lowest BCUT2D eigenvalue weighted by Crippen LogP contribution is -2.31. The minimum atomic E-state index is -0.359. The van der Waals surface area contributed by atoms with Gasteiger partial charge in [-0.1, -0.05) is 12.5 Å². The van der Waals surface area contributed by atoms with Gasteiger partial charge in [0.1, 0.15) is 5.82 Å². The normalized spacial score (nSPS) is 29.5. The highest BCUT2D eigenvalue weighted by Gasteiger charge is 2.39. The van der Waals surface area contributed by atoms with E-state index in [9.17, 15) is 9.18 Å². The Morgan fingerprint density at radius 3 is 2.89 bits per heavy atom. The van der Waals surface area contributed by atoms with Crippen LogP contribution in [0.5, 0.6) is 0 Å². The third-order valence-corrected chi connectivity index (χ3v) is 4.50. The highest BCUT2D eigenvalue weighted by molar-refractivity contribution is 5.94. The van der Waals surface area contributed by atoms with Crippen LogP contribution in [0.4, 0.5) is 4.39 Å². The molecular weight excluding hydrogens is 229 g/mol. The molecule has 96 valence electrons. The topological polar surface area (TPSA) is 29.1 Å². The molecule has 0 aromatic heterocycles. The van der Waals surface area contributed by atoms with Crippen LogP contribution in [0.25, 0.3) is 0 Å². The number of halogens is 1. The van der Waals surface area contributed by atoms with E-state index in [1.165, 1.54) is 37.8 Å². The van der Waals surface area contributed by atoms with Gasteiger partial charge in [0, 0.05) is 12.1 Å². The minimum Gasteiger partial charge on any atom is -0.352 e. The van der Waals surface area contributed by atoms with E-state index >= 15 is 0 Å². The third kappa shape index (κ3) is 2.26. The van der Waals surface area contributed by atoms with Gasteiger partial charge in [0.15, 0.2) is 0 Å². The summed E-state index contributed by atoms with van der Waals surface area (Å²) in [6.45, 7) is 0.747. The predicted molar refractivity (Wildman–Crippen MR) is 67.7 cm³/mol. The van der Waals surface area contributed by atoms with Gasteiger partial charge in [-0.05, 0) is 55.2 Å². The molecule has 2 bridgehead atoms. The van der Waals surface area contributed by atoms with E-state index in [0.29, 0.717) is 11.5 Å². The van der Waals surface area contributed by atoms with Crippen LogP contribution < -0.4 is 5.32 Å². The van der Waals surface area contributed by atoms with Crippen molar-refractivity contribution in [1.82, 2.24) is 5.32 Å². The number of hydrogen-bond donors (Lipinski definition) is 1. The van der Waals surface area contributed by atoms with E-state index in [0.717, 1.165) is 18.4 Å². The van der Waals surface area contributed by atoms with Gasteiger partial charge in [-0.25, -0.2) is 4.39 Å². The molecule has 3 rings (SSSR count). The highest BCUT2D eigenvalue weighted by Crippen LogP contribution is 2.47. The highest BCUT2D eigenvalue weighted by atomic mass is 19.1. The quantitative estimate of drug-likeness (QED) is 0.874. The number of hydrogen-bond acceptors (Lipinski definition) is 1. The first kappa shape index (κ1) is 11.7. The van der Waals surface area contributed by atoms with Crippen LogP contribution in [0.1, 0.15) is 36.0 Å². The average Bonchev–Trinajstić information content (AvgIpc) is 2.98. The summed E-state index contributed by atoms with van der Waals surface area (Å²) in [6.07, 6.45) is 5.30. The molecule has 1 aromatic carbocycles. The summed E-state index contributed by atoms with van der Waals surface area (Å²) < 4.78 is 13.0. The van der Waals surface area contributed by atoms with Crippen molar-refractivity contribution in [3.05, 3.63) is 35.6 Å². The van der Waals surface area contributed by atoms with Gasteiger partial charge in [0.25, 0.3) is 5.91 Å². The van der Waals surface area contributed by atoms with E-state index < -0.39 is 0 Å². The lowest BCUT2D eigenvalue weighted by molar-refractivity contribution is 0.0941. The van der Waals surface area contributed by atoms with Crippen molar-refractivity contribution in [2.45, 2.75) is 25.7 Å². The summed E-state index contributed by atoms with van der Waals surface area (Å²) >= 11 is 0. The first-order valence-electron chi connectivity index (χ1n) is 6.76. The van der Waals surface area contributed by atoms with Gasteiger partial charge >= 0.3 is 0 Å². The molecule has 3 heteroatoms. The Bertz CT molecular complexity index is 460. The van der Waals surface area contributed by atoms with Crippen LogP contribution in [-0.4, -0.2) is 12.5 Å². The van der Waals surface area contributed by atoms with E-state index in [1.807, 2.05) is 0 Å². The molecule has 0 heterocycles. The lowest BCUT2D eigenvalue weighted by Gasteiger charge is -2.21. The second-order valence-electron chi connectivity index (χ2n) is 5.66. The van der Waals surface area contributed by atoms with E-state index in [4.69, 9.17) is 0 Å². The SMILES string of the molecule is O=C(NC[C@H]1C[C@H]2CC[C@H]1C2)c1cccc(F)c1. The molecule has 0 spiro atoms. The van der Waals surface area contributed by atoms with Crippen molar-refractivity contribution in [2.24, 2.45) is 17.8 Å². The maximum absolute atomic E-state index is 13.0. The van der Waals surface area contributed by atoms with Gasteiger partial charge in [0.2, 0.25) is 0 Å². The molecule has 1 N–H and O–H groups in total. The maximum atomic E-state index is 13.0. The molecule has 1 amide bonds. The number of carbonyl (C=O) groups is 1. The van der Waals surface area contributed by atoms with Crippen LogP contribution in [0.2, 0.25) is 0 Å². The zero-order chi connectivity index (χ0) is 12.5. The van der Waals surface area contributed by atoms with E-state index in [2.05, 4.69) is 5.32 Å². The zero-order valence-corrected chi connectivity index (χ0v) is 10.4. The van der Waals surface area contributed by atoms with Gasteiger partial charge in [-0.3, -0.25) is 4.79 Å². The van der Waals surface area contributed by atoms with Gasteiger partial charge in [-0.15, -0.1) is 0 Å². The Morgan fingerprint density at radius 2 is 2.22 bits per heavy atom. The first-order valence-corrected chi connectivity index (χ1v) is 6.76. The van der Waals surface area contributed by atoms with Crippen molar-refractivity contribution in [2.75, 3.05) is 6.54 Å².